The fourth-order valence-electron chi connectivity index (χ4n) is 4.51. The van der Waals surface area contributed by atoms with Crippen LogP contribution in [0.15, 0.2) is 121 Å². The molecule has 6 heteroatoms. The molecule has 0 aliphatic carbocycles. The maximum atomic E-state index is 14.4. The summed E-state index contributed by atoms with van der Waals surface area (Å²) in [4.78, 5) is 54.7. The van der Waals surface area contributed by atoms with Gasteiger partial charge in [0, 0.05) is 0 Å². The Morgan fingerprint density at radius 2 is 0.857 bits per heavy atom. The van der Waals surface area contributed by atoms with Crippen molar-refractivity contribution in [2.24, 2.45) is 0 Å². The van der Waals surface area contributed by atoms with Gasteiger partial charge < -0.3 is 0 Å². The van der Waals surface area contributed by atoms with Crippen LogP contribution in [0.3, 0.4) is 0 Å². The van der Waals surface area contributed by atoms with Crippen LogP contribution in [0.25, 0.3) is 0 Å². The summed E-state index contributed by atoms with van der Waals surface area (Å²) in [7, 11) is 0. The Morgan fingerprint density at radius 1 is 0.543 bits per heavy atom. The SMILES string of the molecule is O=[CH][Co]([CH]=O)([CH]=O)([C](=O)Cc1ccccc1)[PH](c1ccccc1)(c1ccccc1)c1ccccc1. The van der Waals surface area contributed by atoms with Crippen molar-refractivity contribution < 1.29 is 30.3 Å². The van der Waals surface area contributed by atoms with Crippen LogP contribution in [0, 0.1) is 0 Å². The number of benzene rings is 4. The number of rotatable bonds is 10. The van der Waals surface area contributed by atoms with Gasteiger partial charge in [-0.15, -0.1) is 0 Å². The average molecular weight is 528 g/mol. The van der Waals surface area contributed by atoms with Crippen LogP contribution in [0.4, 0.5) is 0 Å². The summed E-state index contributed by atoms with van der Waals surface area (Å²) < 4.78 is -0.607. The first kappa shape index (κ1) is 24.6. The molecule has 0 radical (unpaired) electrons. The Balaban J connectivity index is 2.21. The first-order valence-corrected chi connectivity index (χ1v) is 16.6. The average Bonchev–Trinajstić information content (AvgIpc) is 2.94. The summed E-state index contributed by atoms with van der Waals surface area (Å²) in [5.41, 5.74) is 0.647. The van der Waals surface area contributed by atoms with Crippen molar-refractivity contribution in [3.63, 3.8) is 0 Å². The zero-order valence-electron chi connectivity index (χ0n) is 19.0. The molecule has 0 spiro atoms. The van der Waals surface area contributed by atoms with Crippen molar-refractivity contribution in [3.05, 3.63) is 127 Å². The molecular weight excluding hydrogens is 502 g/mol. The molecule has 0 N–H and O–H groups in total. The summed E-state index contributed by atoms with van der Waals surface area (Å²) >= 11 is -5.10. The summed E-state index contributed by atoms with van der Waals surface area (Å²) in [5.74, 6) is -3.90. The van der Waals surface area contributed by atoms with Gasteiger partial charge >= 0.3 is 206 Å². The van der Waals surface area contributed by atoms with Gasteiger partial charge in [0.05, 0.1) is 0 Å². The summed E-state index contributed by atoms with van der Waals surface area (Å²) in [6.07, 6.45) is -0.185. The second-order valence-electron chi connectivity index (χ2n) is 7.95. The van der Waals surface area contributed by atoms with E-state index < -0.39 is 21.8 Å². The van der Waals surface area contributed by atoms with E-state index in [4.69, 9.17) is 0 Å². The third kappa shape index (κ3) is 3.64. The van der Waals surface area contributed by atoms with Gasteiger partial charge in [-0.05, 0) is 0 Å². The van der Waals surface area contributed by atoms with Crippen molar-refractivity contribution in [2.45, 2.75) is 6.42 Å². The van der Waals surface area contributed by atoms with Crippen LogP contribution >= 0.6 is 5.99 Å². The van der Waals surface area contributed by atoms with E-state index in [2.05, 4.69) is 0 Å². The molecule has 0 fully saturated rings. The number of carbonyl (C=O) groups is 4. The zero-order valence-corrected chi connectivity index (χ0v) is 21.0. The first-order chi connectivity index (χ1) is 17.1. The second kappa shape index (κ2) is 10.0. The molecule has 0 saturated carbocycles. The zero-order chi connectivity index (χ0) is 24.8. The van der Waals surface area contributed by atoms with Crippen LogP contribution < -0.4 is 15.9 Å². The Hall–Kier alpha value is -3.50. The number of hydrogen-bond acceptors (Lipinski definition) is 4. The molecule has 0 bridgehead atoms. The Morgan fingerprint density at radius 3 is 1.17 bits per heavy atom. The normalized spacial score (nSPS) is 13.1. The summed E-state index contributed by atoms with van der Waals surface area (Å²) in [6.45, 7) is 0. The molecule has 0 saturated heterocycles. The van der Waals surface area contributed by atoms with E-state index in [9.17, 15) is 19.2 Å². The molecule has 35 heavy (non-hydrogen) atoms. The van der Waals surface area contributed by atoms with Crippen molar-refractivity contribution >= 4 is 42.3 Å². The molecular formula is C29H26CoO4P. The van der Waals surface area contributed by atoms with Crippen LogP contribution in [-0.2, 0) is 36.7 Å². The fraction of sp³-hybridized carbons (Fsp3) is 0.0345. The van der Waals surface area contributed by atoms with Gasteiger partial charge in [0.2, 0.25) is 0 Å². The Bertz CT molecular complexity index is 1220. The molecule has 0 amide bonds. The van der Waals surface area contributed by atoms with Crippen molar-refractivity contribution in [1.82, 2.24) is 0 Å². The third-order valence-electron chi connectivity index (χ3n) is 6.13. The Kier molecular flexibility index (Phi) is 7.04. The van der Waals surface area contributed by atoms with E-state index in [1.54, 1.807) is 24.3 Å². The first-order valence-electron chi connectivity index (χ1n) is 10.9. The summed E-state index contributed by atoms with van der Waals surface area (Å²) in [5, 5.41) is 3.32. The van der Waals surface area contributed by atoms with Crippen molar-refractivity contribution in [3.8, 4) is 0 Å². The predicted octanol–water partition coefficient (Wildman–Crippen LogP) is 3.66. The number of hydrogen-bond donors (Lipinski definition) is 0. The van der Waals surface area contributed by atoms with Gasteiger partial charge in [0.15, 0.2) is 0 Å². The van der Waals surface area contributed by atoms with Gasteiger partial charge in [-0.3, -0.25) is 0 Å². The minimum atomic E-state index is -5.10. The maximum absolute atomic E-state index is 14.4. The molecule has 4 aromatic carbocycles. The molecule has 0 aromatic heterocycles. The third-order valence-corrected chi connectivity index (χ3v) is 23.3. The van der Waals surface area contributed by atoms with Crippen molar-refractivity contribution in [1.29, 1.82) is 0 Å². The standard InChI is InChI=1S/C18H15P.C8H7O.3CHO.Co/c1-4-10-16(11-5-1)19(17-12-6-2-7-13-17)18-14-8-3-9-15-18;9-7-6-8-4-2-1-3-5-8;3*1-2;/h1-15H;1-5H,6H2;3*1H;/q;;;;;-1/p+1. The van der Waals surface area contributed by atoms with E-state index in [1.165, 1.54) is 0 Å². The molecule has 4 nitrogen and oxygen atoms in total. The molecule has 0 unspecified atom stereocenters. The van der Waals surface area contributed by atoms with E-state index in [1.807, 2.05) is 97.1 Å². The van der Waals surface area contributed by atoms with E-state index in [0.717, 1.165) is 0 Å². The van der Waals surface area contributed by atoms with Gasteiger partial charge in [0.25, 0.3) is 0 Å². The molecule has 0 aliphatic rings. The van der Waals surface area contributed by atoms with Crippen molar-refractivity contribution in [2.75, 3.05) is 0 Å². The van der Waals surface area contributed by atoms with Crippen LogP contribution in [0.5, 0.6) is 0 Å². The van der Waals surface area contributed by atoms with Gasteiger partial charge in [-0.1, -0.05) is 0 Å². The summed E-state index contributed by atoms with van der Waals surface area (Å²) in [6, 6.07) is 36.3. The molecule has 4 rings (SSSR count). The molecule has 0 atom stereocenters. The molecule has 0 aliphatic heterocycles. The van der Waals surface area contributed by atoms with Crippen LogP contribution in [0.1, 0.15) is 5.56 Å². The minimum absolute atomic E-state index is 0.185. The monoisotopic (exact) mass is 528 g/mol. The van der Waals surface area contributed by atoms with Crippen LogP contribution in [0.2, 0.25) is 0 Å². The van der Waals surface area contributed by atoms with Gasteiger partial charge in [0.1, 0.15) is 0 Å². The van der Waals surface area contributed by atoms with E-state index >= 15 is 0 Å². The van der Waals surface area contributed by atoms with Gasteiger partial charge in [-0.25, -0.2) is 0 Å². The fourth-order valence-corrected chi connectivity index (χ4v) is 21.4. The number of carbonyl (C=O) groups excluding carboxylic acids is 4. The Labute approximate surface area is 205 Å². The quantitative estimate of drug-likeness (QED) is 0.233. The van der Waals surface area contributed by atoms with E-state index in [0.29, 0.717) is 37.1 Å². The van der Waals surface area contributed by atoms with Gasteiger partial charge in [-0.2, -0.15) is 0 Å². The van der Waals surface area contributed by atoms with Crippen LogP contribution in [-0.4, -0.2) is 20.4 Å². The topological polar surface area (TPSA) is 68.3 Å². The van der Waals surface area contributed by atoms with E-state index in [-0.39, 0.29) is 6.42 Å². The predicted molar refractivity (Wildman–Crippen MR) is 142 cm³/mol. The second-order valence-corrected chi connectivity index (χ2v) is 20.8. The molecule has 180 valence electrons. The molecule has 4 aromatic rings. The molecule has 0 heterocycles.